The Bertz CT molecular complexity index is 647. The summed E-state index contributed by atoms with van der Waals surface area (Å²) < 4.78 is 2.05. The minimum atomic E-state index is -0.135. The molecule has 2 heterocycles. The Balaban J connectivity index is 1.89. The third-order valence-corrected chi connectivity index (χ3v) is 2.93. The predicted octanol–water partition coefficient (Wildman–Crippen LogP) is 1.53. The van der Waals surface area contributed by atoms with Crippen molar-refractivity contribution in [2.24, 2.45) is 5.73 Å². The maximum Gasteiger partial charge on any atom is 0.115 e. The van der Waals surface area contributed by atoms with Gasteiger partial charge in [-0.15, -0.1) is 0 Å². The fourth-order valence-electron chi connectivity index (χ4n) is 1.98. The molecule has 90 valence electrons. The minimum Gasteiger partial charge on any atom is -0.329 e. The second-order valence-corrected chi connectivity index (χ2v) is 4.16. The number of nitrogens with zero attached hydrogens (tertiary/aromatic N) is 4. The molecule has 3 rings (SSSR count). The van der Waals surface area contributed by atoms with Crippen LogP contribution in [0.15, 0.2) is 49.3 Å². The highest BCUT2D eigenvalue weighted by Crippen LogP contribution is 2.16. The molecule has 1 unspecified atom stereocenters. The quantitative estimate of drug-likeness (QED) is 0.752. The molecule has 5 nitrogen and oxygen atoms in total. The van der Waals surface area contributed by atoms with Gasteiger partial charge in [-0.3, -0.25) is 0 Å². The van der Waals surface area contributed by atoms with Crippen LogP contribution in [0.5, 0.6) is 0 Å². The first-order chi connectivity index (χ1) is 8.84. The maximum atomic E-state index is 6.15. The van der Waals surface area contributed by atoms with Crippen molar-refractivity contribution in [3.63, 3.8) is 0 Å². The monoisotopic (exact) mass is 239 g/mol. The third kappa shape index (κ3) is 1.96. The summed E-state index contributed by atoms with van der Waals surface area (Å²) >= 11 is 0. The van der Waals surface area contributed by atoms with Gasteiger partial charge in [0.2, 0.25) is 0 Å². The number of benzene rings is 1. The zero-order chi connectivity index (χ0) is 12.4. The van der Waals surface area contributed by atoms with E-state index in [1.165, 1.54) is 6.33 Å². The third-order valence-electron chi connectivity index (χ3n) is 2.93. The lowest BCUT2D eigenvalue weighted by atomic mass is 10.1. The molecule has 2 aromatic heterocycles. The zero-order valence-corrected chi connectivity index (χ0v) is 9.77. The second-order valence-electron chi connectivity index (χ2n) is 4.16. The van der Waals surface area contributed by atoms with Gasteiger partial charge in [0.25, 0.3) is 0 Å². The van der Waals surface area contributed by atoms with E-state index in [0.717, 1.165) is 16.6 Å². The van der Waals surface area contributed by atoms with Crippen molar-refractivity contribution >= 4 is 11.0 Å². The van der Waals surface area contributed by atoms with E-state index in [4.69, 9.17) is 5.73 Å². The van der Waals surface area contributed by atoms with E-state index in [1.54, 1.807) is 12.4 Å². The van der Waals surface area contributed by atoms with Gasteiger partial charge >= 0.3 is 0 Å². The van der Waals surface area contributed by atoms with Crippen molar-refractivity contribution < 1.29 is 0 Å². The number of aromatic nitrogens is 4. The number of hydrogen-bond acceptors (Lipinski definition) is 4. The van der Waals surface area contributed by atoms with Gasteiger partial charge in [0, 0.05) is 24.5 Å². The molecule has 2 N–H and O–H groups in total. The van der Waals surface area contributed by atoms with E-state index in [1.807, 2.05) is 35.2 Å². The molecule has 1 aromatic carbocycles. The van der Waals surface area contributed by atoms with E-state index < -0.39 is 0 Å². The first-order valence-corrected chi connectivity index (χ1v) is 5.75. The summed E-state index contributed by atoms with van der Waals surface area (Å²) in [7, 11) is 0. The number of nitrogens with two attached hydrogens (primary N) is 1. The minimum absolute atomic E-state index is 0.135. The van der Waals surface area contributed by atoms with Crippen molar-refractivity contribution in [1.82, 2.24) is 19.5 Å². The van der Waals surface area contributed by atoms with Crippen LogP contribution in [0.4, 0.5) is 0 Å². The fraction of sp³-hybridized carbons (Fsp3) is 0.154. The highest BCUT2D eigenvalue weighted by Gasteiger charge is 2.09. The normalized spacial score (nSPS) is 12.7. The molecule has 0 aliphatic rings. The summed E-state index contributed by atoms with van der Waals surface area (Å²) in [6.07, 6.45) is 6.81. The number of fused-ring (bicyclic) bond motifs is 1. The van der Waals surface area contributed by atoms with Crippen LogP contribution in [0.3, 0.4) is 0 Å². The molecule has 3 aromatic rings. The van der Waals surface area contributed by atoms with Gasteiger partial charge in [-0.1, -0.05) is 12.1 Å². The summed E-state index contributed by atoms with van der Waals surface area (Å²) in [6, 6.07) is 7.87. The molecule has 0 saturated carbocycles. The van der Waals surface area contributed by atoms with Crippen LogP contribution in [0, 0.1) is 0 Å². The van der Waals surface area contributed by atoms with E-state index in [0.29, 0.717) is 6.54 Å². The Kier molecular flexibility index (Phi) is 2.74. The van der Waals surface area contributed by atoms with E-state index >= 15 is 0 Å². The van der Waals surface area contributed by atoms with Crippen molar-refractivity contribution in [2.45, 2.75) is 12.6 Å². The molecule has 18 heavy (non-hydrogen) atoms. The maximum absolute atomic E-state index is 6.15. The van der Waals surface area contributed by atoms with Gasteiger partial charge in [-0.25, -0.2) is 15.0 Å². The Hall–Kier alpha value is -2.27. The standard InChI is InChI=1S/C13H13N5/c14-11(10-5-15-8-16-6-10)7-18-9-17-12-3-1-2-4-13(12)18/h1-6,8-9,11H,7,14H2. The summed E-state index contributed by atoms with van der Waals surface area (Å²) in [5.74, 6) is 0. The summed E-state index contributed by atoms with van der Waals surface area (Å²) in [5, 5.41) is 0. The molecule has 0 aliphatic heterocycles. The highest BCUT2D eigenvalue weighted by atomic mass is 15.1. The van der Waals surface area contributed by atoms with Gasteiger partial charge in [0.1, 0.15) is 6.33 Å². The Morgan fingerprint density at radius 2 is 1.94 bits per heavy atom. The second kappa shape index (κ2) is 4.54. The van der Waals surface area contributed by atoms with Crippen molar-refractivity contribution in [3.8, 4) is 0 Å². The van der Waals surface area contributed by atoms with E-state index in [-0.39, 0.29) is 6.04 Å². The molecular weight excluding hydrogens is 226 g/mol. The van der Waals surface area contributed by atoms with Crippen molar-refractivity contribution in [3.05, 3.63) is 54.9 Å². The number of imidazole rings is 1. The van der Waals surface area contributed by atoms with Gasteiger partial charge in [0.05, 0.1) is 23.4 Å². The van der Waals surface area contributed by atoms with Gasteiger partial charge in [-0.2, -0.15) is 0 Å². The number of rotatable bonds is 3. The topological polar surface area (TPSA) is 69.6 Å². The van der Waals surface area contributed by atoms with Gasteiger partial charge in [0.15, 0.2) is 0 Å². The number of hydrogen-bond donors (Lipinski definition) is 1. The van der Waals surface area contributed by atoms with Gasteiger partial charge < -0.3 is 10.3 Å². The summed E-state index contributed by atoms with van der Waals surface area (Å²) in [5.41, 5.74) is 9.14. The Morgan fingerprint density at radius 3 is 2.78 bits per heavy atom. The van der Waals surface area contributed by atoms with Crippen LogP contribution >= 0.6 is 0 Å². The van der Waals surface area contributed by atoms with Crippen molar-refractivity contribution in [2.75, 3.05) is 0 Å². The van der Waals surface area contributed by atoms with E-state index in [2.05, 4.69) is 15.0 Å². The molecule has 1 atom stereocenters. The average molecular weight is 239 g/mol. The summed E-state index contributed by atoms with van der Waals surface area (Å²) in [6.45, 7) is 0.661. The summed E-state index contributed by atoms with van der Waals surface area (Å²) in [4.78, 5) is 12.3. The van der Waals surface area contributed by atoms with Crippen LogP contribution in [0.1, 0.15) is 11.6 Å². The predicted molar refractivity (Wildman–Crippen MR) is 68.7 cm³/mol. The van der Waals surface area contributed by atoms with Crippen molar-refractivity contribution in [1.29, 1.82) is 0 Å². The molecule has 0 aliphatic carbocycles. The van der Waals surface area contributed by atoms with Crippen LogP contribution in [-0.2, 0) is 6.54 Å². The SMILES string of the molecule is NC(Cn1cnc2ccccc21)c1cncnc1. The molecule has 0 amide bonds. The molecule has 0 spiro atoms. The van der Waals surface area contributed by atoms with Crippen LogP contribution in [-0.4, -0.2) is 19.5 Å². The fourth-order valence-corrected chi connectivity index (χ4v) is 1.98. The largest absolute Gasteiger partial charge is 0.329 e. The molecule has 5 heteroatoms. The Labute approximate surface area is 104 Å². The lowest BCUT2D eigenvalue weighted by molar-refractivity contribution is 0.585. The van der Waals surface area contributed by atoms with E-state index in [9.17, 15) is 0 Å². The Morgan fingerprint density at radius 1 is 1.17 bits per heavy atom. The molecule has 0 radical (unpaired) electrons. The molecule has 0 bridgehead atoms. The lowest BCUT2D eigenvalue weighted by Gasteiger charge is -2.12. The zero-order valence-electron chi connectivity index (χ0n) is 9.77. The van der Waals surface area contributed by atoms with Gasteiger partial charge in [-0.05, 0) is 12.1 Å². The lowest BCUT2D eigenvalue weighted by Crippen LogP contribution is -2.17. The van der Waals surface area contributed by atoms with Crippen LogP contribution < -0.4 is 5.73 Å². The molecular formula is C13H13N5. The number of para-hydroxylation sites is 2. The van der Waals surface area contributed by atoms with Crippen LogP contribution in [0.25, 0.3) is 11.0 Å². The smallest absolute Gasteiger partial charge is 0.115 e. The average Bonchev–Trinajstić information content (AvgIpc) is 2.83. The van der Waals surface area contributed by atoms with Crippen LogP contribution in [0.2, 0.25) is 0 Å². The molecule has 0 saturated heterocycles. The molecule has 0 fully saturated rings. The first kappa shape index (κ1) is 10.9. The first-order valence-electron chi connectivity index (χ1n) is 5.75. The highest BCUT2D eigenvalue weighted by molar-refractivity contribution is 5.74.